The molecule has 178 valence electrons. The van der Waals surface area contributed by atoms with Gasteiger partial charge in [-0.2, -0.15) is 4.98 Å². The highest BCUT2D eigenvalue weighted by atomic mass is 32.2. The van der Waals surface area contributed by atoms with Gasteiger partial charge in [-0.05, 0) is 49.6 Å². The molecule has 4 rings (SSSR count). The third-order valence-corrected chi connectivity index (χ3v) is 7.52. The Labute approximate surface area is 194 Å². The second kappa shape index (κ2) is 9.96. The van der Waals surface area contributed by atoms with E-state index >= 15 is 0 Å². The second-order valence-electron chi connectivity index (χ2n) is 8.03. The Morgan fingerprint density at radius 1 is 1.21 bits per heavy atom. The number of sulfone groups is 1. The summed E-state index contributed by atoms with van der Waals surface area (Å²) in [5, 5.41) is 3.37. The number of hydrogen-bond acceptors (Lipinski definition) is 9. The van der Waals surface area contributed by atoms with Crippen molar-refractivity contribution in [2.75, 3.05) is 37.9 Å². The number of benzene rings is 1. The van der Waals surface area contributed by atoms with Crippen LogP contribution in [0, 0.1) is 0 Å². The number of rotatable bonds is 9. The predicted molar refractivity (Wildman–Crippen MR) is 126 cm³/mol. The third-order valence-electron chi connectivity index (χ3n) is 5.79. The summed E-state index contributed by atoms with van der Waals surface area (Å²) in [5.74, 6) is 1.22. The first-order chi connectivity index (χ1) is 15.9. The summed E-state index contributed by atoms with van der Waals surface area (Å²) in [4.78, 5) is 11.5. The minimum absolute atomic E-state index is 0.0551. The van der Waals surface area contributed by atoms with Crippen LogP contribution >= 0.6 is 0 Å². The molecule has 9 nitrogen and oxygen atoms in total. The van der Waals surface area contributed by atoms with Crippen molar-refractivity contribution in [3.8, 4) is 11.6 Å². The first-order valence-electron chi connectivity index (χ1n) is 11.2. The number of piperidine rings is 1. The molecule has 1 N–H and O–H groups in total. The summed E-state index contributed by atoms with van der Waals surface area (Å²) in [6.07, 6.45) is 3.71. The molecule has 10 heteroatoms. The number of ether oxygens (including phenoxy) is 2. The Kier molecular flexibility index (Phi) is 7.04. The zero-order valence-corrected chi connectivity index (χ0v) is 20.0. The molecular formula is C23H30N4O5S. The van der Waals surface area contributed by atoms with Crippen molar-refractivity contribution in [3.63, 3.8) is 0 Å². The maximum Gasteiger partial charge on any atom is 0.295 e. The van der Waals surface area contributed by atoms with Crippen molar-refractivity contribution >= 4 is 27.0 Å². The number of pyridine rings is 1. The number of methoxy groups -OCH3 is 1. The summed E-state index contributed by atoms with van der Waals surface area (Å²) in [5.41, 5.74) is 2.20. The fourth-order valence-corrected chi connectivity index (χ4v) is 4.87. The van der Waals surface area contributed by atoms with Crippen LogP contribution in [-0.2, 0) is 16.4 Å². The second-order valence-corrected chi connectivity index (χ2v) is 10.3. The SMILES string of the molecule is CCOc1cc(CN2CCC(Nc3nc4cc(S(=O)(=O)CC)ccc4o3)CC2)cnc1OC. The van der Waals surface area contributed by atoms with Gasteiger partial charge in [0.1, 0.15) is 5.52 Å². The standard InChI is InChI=1S/C23H30N4O5S/c1-4-31-21-12-16(14-24-22(21)30-3)15-27-10-8-17(9-11-27)25-23-26-19-13-18(33(28,29)5-2)6-7-20(19)32-23/h6-7,12-14,17H,4-5,8-11,15H2,1-3H3,(H,25,26). The minimum atomic E-state index is -3.28. The molecule has 0 spiro atoms. The van der Waals surface area contributed by atoms with Crippen molar-refractivity contribution in [1.82, 2.24) is 14.9 Å². The van der Waals surface area contributed by atoms with E-state index in [4.69, 9.17) is 13.9 Å². The van der Waals surface area contributed by atoms with Gasteiger partial charge < -0.3 is 19.2 Å². The molecular weight excluding hydrogens is 444 g/mol. The van der Waals surface area contributed by atoms with Gasteiger partial charge in [0.2, 0.25) is 0 Å². The van der Waals surface area contributed by atoms with Gasteiger partial charge in [0.05, 0.1) is 24.4 Å². The molecule has 0 bridgehead atoms. The maximum absolute atomic E-state index is 12.1. The van der Waals surface area contributed by atoms with Crippen LogP contribution in [0.3, 0.4) is 0 Å². The molecule has 1 aliphatic heterocycles. The predicted octanol–water partition coefficient (Wildman–Crippen LogP) is 3.50. The molecule has 33 heavy (non-hydrogen) atoms. The normalized spacial score (nSPS) is 15.6. The molecule has 0 aliphatic carbocycles. The number of nitrogens with zero attached hydrogens (tertiary/aromatic N) is 3. The molecule has 1 aromatic carbocycles. The van der Waals surface area contributed by atoms with E-state index in [-0.39, 0.29) is 16.7 Å². The molecule has 2 aromatic heterocycles. The van der Waals surface area contributed by atoms with Crippen LogP contribution in [0.15, 0.2) is 39.8 Å². The summed E-state index contributed by atoms with van der Waals surface area (Å²) < 4.78 is 40.9. The van der Waals surface area contributed by atoms with E-state index in [9.17, 15) is 8.42 Å². The van der Waals surface area contributed by atoms with Gasteiger partial charge in [-0.1, -0.05) is 6.92 Å². The Morgan fingerprint density at radius 3 is 2.70 bits per heavy atom. The largest absolute Gasteiger partial charge is 0.488 e. The quantitative estimate of drug-likeness (QED) is 0.498. The maximum atomic E-state index is 12.1. The highest BCUT2D eigenvalue weighted by Gasteiger charge is 2.22. The average molecular weight is 475 g/mol. The van der Waals surface area contributed by atoms with Gasteiger partial charge >= 0.3 is 0 Å². The summed E-state index contributed by atoms with van der Waals surface area (Å²) in [6, 6.07) is 7.46. The van der Waals surface area contributed by atoms with Crippen LogP contribution < -0.4 is 14.8 Å². The molecule has 0 unspecified atom stereocenters. The molecule has 1 fully saturated rings. The van der Waals surface area contributed by atoms with Gasteiger partial charge in [0.15, 0.2) is 21.2 Å². The number of anilines is 1. The van der Waals surface area contributed by atoms with Gasteiger partial charge in [-0.15, -0.1) is 0 Å². The van der Waals surface area contributed by atoms with Crippen molar-refractivity contribution in [1.29, 1.82) is 0 Å². The van der Waals surface area contributed by atoms with E-state index in [1.54, 1.807) is 32.2 Å². The first kappa shape index (κ1) is 23.3. The van der Waals surface area contributed by atoms with Crippen LogP contribution in [0.2, 0.25) is 0 Å². The molecule has 0 saturated carbocycles. The number of fused-ring (bicyclic) bond motifs is 1. The molecule has 0 atom stereocenters. The number of nitrogens with one attached hydrogen (secondary N) is 1. The lowest BCUT2D eigenvalue weighted by Gasteiger charge is -2.32. The highest BCUT2D eigenvalue weighted by Crippen LogP contribution is 2.27. The third kappa shape index (κ3) is 5.39. The lowest BCUT2D eigenvalue weighted by Crippen LogP contribution is -2.38. The van der Waals surface area contributed by atoms with E-state index < -0.39 is 9.84 Å². The zero-order valence-electron chi connectivity index (χ0n) is 19.2. The highest BCUT2D eigenvalue weighted by molar-refractivity contribution is 7.91. The van der Waals surface area contributed by atoms with Crippen molar-refractivity contribution in [2.45, 2.75) is 44.2 Å². The number of hydrogen-bond donors (Lipinski definition) is 1. The Bertz CT molecular complexity index is 1200. The van der Waals surface area contributed by atoms with Crippen molar-refractivity contribution < 1.29 is 22.3 Å². The molecule has 3 aromatic rings. The first-order valence-corrected chi connectivity index (χ1v) is 12.8. The summed E-state index contributed by atoms with van der Waals surface area (Å²) in [6.45, 7) is 6.77. The topological polar surface area (TPSA) is 107 Å². The zero-order chi connectivity index (χ0) is 23.4. The molecule has 0 amide bonds. The van der Waals surface area contributed by atoms with Crippen LogP contribution in [0.5, 0.6) is 11.6 Å². The average Bonchev–Trinajstić information content (AvgIpc) is 3.22. The van der Waals surface area contributed by atoms with E-state index in [0.29, 0.717) is 35.4 Å². The smallest absolute Gasteiger partial charge is 0.295 e. The Hall–Kier alpha value is -2.85. The van der Waals surface area contributed by atoms with Gasteiger partial charge in [0, 0.05) is 31.9 Å². The molecule has 1 aliphatic rings. The van der Waals surface area contributed by atoms with E-state index in [1.807, 2.05) is 19.2 Å². The van der Waals surface area contributed by atoms with Crippen molar-refractivity contribution in [3.05, 3.63) is 36.0 Å². The van der Waals surface area contributed by atoms with E-state index in [1.165, 1.54) is 0 Å². The number of oxazole rings is 1. The number of likely N-dealkylation sites (tertiary alicyclic amines) is 1. The van der Waals surface area contributed by atoms with E-state index in [0.717, 1.165) is 38.0 Å². The fourth-order valence-electron chi connectivity index (χ4n) is 3.97. The van der Waals surface area contributed by atoms with Gasteiger partial charge in [-0.25, -0.2) is 13.4 Å². The Morgan fingerprint density at radius 2 is 2.00 bits per heavy atom. The van der Waals surface area contributed by atoms with Crippen LogP contribution in [0.4, 0.5) is 6.01 Å². The molecule has 0 radical (unpaired) electrons. The van der Waals surface area contributed by atoms with Crippen LogP contribution in [0.25, 0.3) is 11.1 Å². The fraction of sp³-hybridized carbons (Fsp3) is 0.478. The Balaban J connectivity index is 1.35. The van der Waals surface area contributed by atoms with Gasteiger partial charge in [0.25, 0.3) is 11.9 Å². The van der Waals surface area contributed by atoms with Crippen molar-refractivity contribution in [2.24, 2.45) is 0 Å². The molecule has 3 heterocycles. The van der Waals surface area contributed by atoms with Crippen LogP contribution in [-0.4, -0.2) is 61.9 Å². The lowest BCUT2D eigenvalue weighted by atomic mass is 10.0. The van der Waals surface area contributed by atoms with E-state index in [2.05, 4.69) is 20.2 Å². The minimum Gasteiger partial charge on any atom is -0.488 e. The lowest BCUT2D eigenvalue weighted by molar-refractivity contribution is 0.209. The van der Waals surface area contributed by atoms with Gasteiger partial charge in [-0.3, -0.25) is 4.90 Å². The summed E-state index contributed by atoms with van der Waals surface area (Å²) >= 11 is 0. The van der Waals surface area contributed by atoms with Crippen LogP contribution in [0.1, 0.15) is 32.3 Å². The monoisotopic (exact) mass is 474 g/mol. The summed E-state index contributed by atoms with van der Waals surface area (Å²) in [7, 11) is -1.69. The number of aromatic nitrogens is 2. The molecule has 1 saturated heterocycles.